The fraction of sp³-hybridized carbons (Fsp3) is 1.00. The van der Waals surface area contributed by atoms with Crippen molar-refractivity contribution in [2.24, 2.45) is 5.41 Å². The minimum Gasteiger partial charge on any atom is -0.293 e. The molecule has 0 radical (unpaired) electrons. The van der Waals surface area contributed by atoms with Gasteiger partial charge in [0, 0.05) is 11.3 Å². The second-order valence-electron chi connectivity index (χ2n) is 3.42. The van der Waals surface area contributed by atoms with Gasteiger partial charge in [-0.15, -0.1) is 23.2 Å². The maximum atomic E-state index is 6.05. The van der Waals surface area contributed by atoms with Crippen molar-refractivity contribution in [2.75, 3.05) is 20.0 Å². The van der Waals surface area contributed by atoms with Crippen LogP contribution < -0.4 is 0 Å². The Morgan fingerprint density at radius 2 is 1.80 bits per heavy atom. The molecular weight excluding hydrogens is 169 g/mol. The fourth-order valence-corrected chi connectivity index (χ4v) is 1.06. The van der Waals surface area contributed by atoms with E-state index >= 15 is 0 Å². The van der Waals surface area contributed by atoms with E-state index < -0.39 is 0 Å². The van der Waals surface area contributed by atoms with Gasteiger partial charge in [-0.2, -0.15) is 0 Å². The monoisotopic (exact) mass is 183 g/mol. The van der Waals surface area contributed by atoms with E-state index in [-0.39, 0.29) is 10.9 Å². The first kappa shape index (κ1) is 10.5. The number of rotatable bonds is 3. The minimum atomic E-state index is -0.0212. The molecule has 0 rings (SSSR count). The molecule has 0 aromatic carbocycles. The molecule has 10 heavy (non-hydrogen) atoms. The van der Waals surface area contributed by atoms with Crippen LogP contribution in [0.3, 0.4) is 0 Å². The summed E-state index contributed by atoms with van der Waals surface area (Å²) in [5.74, 6) is 0.583. The molecule has 0 aromatic heterocycles. The van der Waals surface area contributed by atoms with Gasteiger partial charge in [0.05, 0.1) is 5.50 Å². The predicted octanol–water partition coefficient (Wildman–Crippen LogP) is 2.38. The van der Waals surface area contributed by atoms with Crippen LogP contribution in [0.25, 0.3) is 0 Å². The van der Waals surface area contributed by atoms with Crippen molar-refractivity contribution in [1.29, 1.82) is 0 Å². The highest BCUT2D eigenvalue weighted by molar-refractivity contribution is 6.22. The first-order valence-electron chi connectivity index (χ1n) is 3.28. The molecule has 1 nitrogen and oxygen atoms in total. The van der Waals surface area contributed by atoms with Crippen molar-refractivity contribution < 1.29 is 0 Å². The molecular formula is C7H15Cl2N. The lowest BCUT2D eigenvalue weighted by Gasteiger charge is -2.32. The van der Waals surface area contributed by atoms with Gasteiger partial charge in [0.15, 0.2) is 0 Å². The number of halogens is 2. The summed E-state index contributed by atoms with van der Waals surface area (Å²) in [7, 11) is 3.90. The van der Waals surface area contributed by atoms with Crippen LogP contribution in [-0.4, -0.2) is 30.4 Å². The Kier molecular flexibility index (Phi) is 4.00. The molecule has 0 aromatic rings. The van der Waals surface area contributed by atoms with Crippen molar-refractivity contribution in [3.05, 3.63) is 0 Å². The Hall–Kier alpha value is 0.540. The smallest absolute Gasteiger partial charge is 0.0908 e. The van der Waals surface area contributed by atoms with E-state index in [2.05, 4.69) is 13.8 Å². The van der Waals surface area contributed by atoms with Crippen LogP contribution >= 0.6 is 23.2 Å². The van der Waals surface area contributed by atoms with Crippen molar-refractivity contribution >= 4 is 23.2 Å². The molecule has 0 aliphatic carbocycles. The Morgan fingerprint density at radius 1 is 1.40 bits per heavy atom. The van der Waals surface area contributed by atoms with Gasteiger partial charge in [0.2, 0.25) is 0 Å². The van der Waals surface area contributed by atoms with Crippen LogP contribution in [0.1, 0.15) is 13.8 Å². The zero-order valence-corrected chi connectivity index (χ0v) is 8.50. The van der Waals surface area contributed by atoms with Gasteiger partial charge < -0.3 is 0 Å². The molecule has 0 fully saturated rings. The lowest BCUT2D eigenvalue weighted by atomic mass is 9.95. The SMILES string of the molecule is CN(C)C(Cl)C(C)(C)CCl. The topological polar surface area (TPSA) is 3.24 Å². The minimum absolute atomic E-state index is 0.00463. The van der Waals surface area contributed by atoms with Crippen LogP contribution in [0.2, 0.25) is 0 Å². The largest absolute Gasteiger partial charge is 0.293 e. The number of hydrogen-bond donors (Lipinski definition) is 0. The third-order valence-electron chi connectivity index (χ3n) is 1.44. The first-order chi connectivity index (χ1) is 4.41. The van der Waals surface area contributed by atoms with Gasteiger partial charge in [0.25, 0.3) is 0 Å². The summed E-state index contributed by atoms with van der Waals surface area (Å²) in [4.78, 5) is 1.96. The normalized spacial score (nSPS) is 15.9. The Bertz CT molecular complexity index is 102. The summed E-state index contributed by atoms with van der Waals surface area (Å²) < 4.78 is 0. The second-order valence-corrected chi connectivity index (χ2v) is 4.10. The quantitative estimate of drug-likeness (QED) is 0.480. The molecule has 0 heterocycles. The van der Waals surface area contributed by atoms with Gasteiger partial charge in [-0.25, -0.2) is 0 Å². The van der Waals surface area contributed by atoms with E-state index in [1.165, 1.54) is 0 Å². The summed E-state index contributed by atoms with van der Waals surface area (Å²) >= 11 is 11.8. The van der Waals surface area contributed by atoms with E-state index in [0.717, 1.165) is 0 Å². The predicted molar refractivity (Wildman–Crippen MR) is 47.8 cm³/mol. The average molecular weight is 184 g/mol. The molecule has 0 spiro atoms. The van der Waals surface area contributed by atoms with Gasteiger partial charge in [0.1, 0.15) is 0 Å². The highest BCUT2D eigenvalue weighted by Gasteiger charge is 2.28. The standard InChI is InChI=1S/C7H15Cl2N/c1-7(2,5-8)6(9)10(3)4/h6H,5H2,1-4H3. The molecule has 0 bridgehead atoms. The maximum Gasteiger partial charge on any atom is 0.0908 e. The Morgan fingerprint density at radius 3 is 1.90 bits per heavy atom. The van der Waals surface area contributed by atoms with Gasteiger partial charge in [-0.1, -0.05) is 13.8 Å². The van der Waals surface area contributed by atoms with Crippen molar-refractivity contribution in [3.8, 4) is 0 Å². The highest BCUT2D eigenvalue weighted by Crippen LogP contribution is 2.27. The van der Waals surface area contributed by atoms with Crippen LogP contribution in [0, 0.1) is 5.41 Å². The third kappa shape index (κ3) is 2.65. The fourth-order valence-electron chi connectivity index (χ4n) is 0.763. The molecule has 0 saturated carbocycles. The molecule has 0 aliphatic heterocycles. The molecule has 1 unspecified atom stereocenters. The van der Waals surface area contributed by atoms with Gasteiger partial charge in [-0.05, 0) is 14.1 Å². The van der Waals surface area contributed by atoms with Crippen LogP contribution in [0.4, 0.5) is 0 Å². The summed E-state index contributed by atoms with van der Waals surface area (Å²) in [6.07, 6.45) is 0. The number of hydrogen-bond acceptors (Lipinski definition) is 1. The van der Waals surface area contributed by atoms with Crippen molar-refractivity contribution in [2.45, 2.75) is 19.3 Å². The molecule has 0 aliphatic rings. The van der Waals surface area contributed by atoms with Crippen molar-refractivity contribution in [3.63, 3.8) is 0 Å². The highest BCUT2D eigenvalue weighted by atomic mass is 35.5. The molecule has 1 atom stereocenters. The average Bonchev–Trinajstić information content (AvgIpc) is 1.86. The van der Waals surface area contributed by atoms with Crippen LogP contribution in [-0.2, 0) is 0 Å². The lowest BCUT2D eigenvalue weighted by molar-refractivity contribution is 0.228. The number of alkyl halides is 2. The summed E-state index contributed by atoms with van der Waals surface area (Å²) in [5.41, 5.74) is -0.0166. The van der Waals surface area contributed by atoms with E-state index in [9.17, 15) is 0 Å². The Labute approximate surface area is 73.3 Å². The second kappa shape index (κ2) is 3.80. The molecule has 0 amide bonds. The molecule has 0 N–H and O–H groups in total. The zero-order chi connectivity index (χ0) is 8.36. The zero-order valence-electron chi connectivity index (χ0n) is 6.99. The molecule has 0 saturated heterocycles. The molecule has 62 valence electrons. The molecule has 3 heteroatoms. The lowest BCUT2D eigenvalue weighted by Crippen LogP contribution is -2.37. The Balaban J connectivity index is 4.03. The first-order valence-corrected chi connectivity index (χ1v) is 4.25. The summed E-state index contributed by atoms with van der Waals surface area (Å²) in [6, 6.07) is 0. The van der Waals surface area contributed by atoms with Gasteiger partial charge in [-0.3, -0.25) is 4.90 Å². The summed E-state index contributed by atoms with van der Waals surface area (Å²) in [6.45, 7) is 4.11. The number of nitrogens with zero attached hydrogens (tertiary/aromatic N) is 1. The van der Waals surface area contributed by atoms with Crippen LogP contribution in [0.15, 0.2) is 0 Å². The van der Waals surface area contributed by atoms with E-state index in [4.69, 9.17) is 23.2 Å². The summed E-state index contributed by atoms with van der Waals surface area (Å²) in [5, 5.41) is 0. The maximum absolute atomic E-state index is 6.05. The van der Waals surface area contributed by atoms with E-state index in [0.29, 0.717) is 5.88 Å². The van der Waals surface area contributed by atoms with Gasteiger partial charge >= 0.3 is 0 Å². The van der Waals surface area contributed by atoms with E-state index in [1.54, 1.807) is 0 Å². The van der Waals surface area contributed by atoms with Crippen LogP contribution in [0.5, 0.6) is 0 Å². The third-order valence-corrected chi connectivity index (χ3v) is 3.11. The van der Waals surface area contributed by atoms with Crippen molar-refractivity contribution in [1.82, 2.24) is 4.90 Å². The van der Waals surface area contributed by atoms with E-state index in [1.807, 2.05) is 19.0 Å².